The zero-order valence-corrected chi connectivity index (χ0v) is 23.4. The summed E-state index contributed by atoms with van der Waals surface area (Å²) in [7, 11) is 1.52. The van der Waals surface area contributed by atoms with E-state index in [4.69, 9.17) is 25.8 Å². The van der Waals surface area contributed by atoms with Crippen LogP contribution in [0.5, 0.6) is 11.6 Å². The predicted octanol–water partition coefficient (Wildman–Crippen LogP) is 4.34. The molecule has 2 N–H and O–H groups in total. The van der Waals surface area contributed by atoms with Gasteiger partial charge in [-0.3, -0.25) is 4.90 Å². The van der Waals surface area contributed by atoms with E-state index in [1.165, 1.54) is 7.11 Å². The molecule has 1 saturated heterocycles. The summed E-state index contributed by atoms with van der Waals surface area (Å²) in [6.07, 6.45) is 0. The number of methoxy groups -OCH3 is 1. The lowest BCUT2D eigenvalue weighted by atomic mass is 9.70. The first-order valence-corrected chi connectivity index (χ1v) is 14.0. The van der Waals surface area contributed by atoms with Crippen LogP contribution >= 0.6 is 27.5 Å². The number of rotatable bonds is 6. The van der Waals surface area contributed by atoms with E-state index < -0.39 is 17.1 Å². The molecule has 2 aliphatic heterocycles. The second-order valence-electron chi connectivity index (χ2n) is 10.2. The normalized spacial score (nSPS) is 30.5. The van der Waals surface area contributed by atoms with E-state index in [1.54, 1.807) is 6.07 Å². The smallest absolute Gasteiger partial charge is 0.224 e. The van der Waals surface area contributed by atoms with Gasteiger partial charge in [0.05, 0.1) is 25.9 Å². The van der Waals surface area contributed by atoms with Crippen molar-refractivity contribution in [2.45, 2.75) is 17.1 Å². The van der Waals surface area contributed by atoms with Crippen molar-refractivity contribution >= 4 is 27.5 Å². The van der Waals surface area contributed by atoms with Crippen LogP contribution in [0, 0.1) is 11.8 Å². The van der Waals surface area contributed by atoms with Crippen LogP contribution in [0.25, 0.3) is 0 Å². The molecule has 38 heavy (non-hydrogen) atoms. The molecule has 3 aliphatic rings. The minimum absolute atomic E-state index is 0.128. The number of benzene rings is 2. The number of aliphatic hydroxyl groups excluding tert-OH is 1. The van der Waals surface area contributed by atoms with Gasteiger partial charge in [0.2, 0.25) is 5.88 Å². The van der Waals surface area contributed by atoms with Crippen molar-refractivity contribution in [3.05, 3.63) is 87.0 Å². The van der Waals surface area contributed by atoms with Crippen molar-refractivity contribution in [1.82, 2.24) is 9.88 Å². The number of hydrogen-bond acceptors (Lipinski definition) is 7. The van der Waals surface area contributed by atoms with Crippen molar-refractivity contribution in [3.8, 4) is 11.6 Å². The van der Waals surface area contributed by atoms with Crippen LogP contribution in [-0.2, 0) is 15.9 Å². The van der Waals surface area contributed by atoms with Gasteiger partial charge in [0.15, 0.2) is 5.60 Å². The first-order valence-electron chi connectivity index (χ1n) is 12.8. The van der Waals surface area contributed by atoms with Crippen molar-refractivity contribution in [2.75, 3.05) is 46.6 Å². The third-order valence-corrected chi connectivity index (χ3v) is 9.17. The Bertz CT molecular complexity index is 1310. The summed E-state index contributed by atoms with van der Waals surface area (Å²) in [5.41, 5.74) is -0.618. The van der Waals surface area contributed by atoms with Crippen LogP contribution in [0.3, 0.4) is 0 Å². The maximum absolute atomic E-state index is 13.3. The van der Waals surface area contributed by atoms with Crippen LogP contribution in [0.2, 0.25) is 5.15 Å². The molecule has 2 fully saturated rings. The van der Waals surface area contributed by atoms with E-state index in [0.717, 1.165) is 28.7 Å². The molecular formula is C29H30BrClN2O5. The monoisotopic (exact) mass is 600 g/mol. The zero-order chi connectivity index (χ0) is 26.5. The fourth-order valence-electron chi connectivity index (χ4n) is 6.95. The van der Waals surface area contributed by atoms with Crippen molar-refractivity contribution in [2.24, 2.45) is 11.8 Å². The molecule has 2 aromatic carbocycles. The van der Waals surface area contributed by atoms with E-state index in [1.807, 2.05) is 54.6 Å². The predicted molar refractivity (Wildman–Crippen MR) is 147 cm³/mol. The molecule has 1 aromatic heterocycles. The largest absolute Gasteiger partial charge is 0.481 e. The molecule has 0 amide bonds. The van der Waals surface area contributed by atoms with Crippen molar-refractivity contribution in [3.63, 3.8) is 0 Å². The number of ether oxygens (including phenoxy) is 3. The van der Waals surface area contributed by atoms with Gasteiger partial charge in [-0.15, -0.1) is 0 Å². The van der Waals surface area contributed by atoms with E-state index in [0.29, 0.717) is 31.1 Å². The summed E-state index contributed by atoms with van der Waals surface area (Å²) >= 11 is 9.95. The van der Waals surface area contributed by atoms with Gasteiger partial charge in [0.25, 0.3) is 0 Å². The summed E-state index contributed by atoms with van der Waals surface area (Å²) in [5.74, 6) is -0.468. The highest BCUT2D eigenvalue weighted by Crippen LogP contribution is 2.71. The lowest BCUT2D eigenvalue weighted by molar-refractivity contribution is -0.135. The zero-order valence-electron chi connectivity index (χ0n) is 21.0. The van der Waals surface area contributed by atoms with Gasteiger partial charge in [-0.2, -0.15) is 0 Å². The first-order chi connectivity index (χ1) is 18.4. The van der Waals surface area contributed by atoms with Crippen LogP contribution in [-0.4, -0.2) is 66.7 Å². The summed E-state index contributed by atoms with van der Waals surface area (Å²) in [5, 5.41) is 24.5. The Hall–Kier alpha value is -2.20. The van der Waals surface area contributed by atoms with Crippen LogP contribution in [0.1, 0.15) is 22.6 Å². The van der Waals surface area contributed by atoms with Gasteiger partial charge < -0.3 is 24.4 Å². The second-order valence-corrected chi connectivity index (χ2v) is 11.5. The Labute approximate surface area is 235 Å². The highest BCUT2D eigenvalue weighted by molar-refractivity contribution is 9.10. The Morgan fingerprint density at radius 3 is 2.50 bits per heavy atom. The van der Waals surface area contributed by atoms with Crippen molar-refractivity contribution < 1.29 is 24.4 Å². The van der Waals surface area contributed by atoms with E-state index in [2.05, 4.69) is 25.8 Å². The van der Waals surface area contributed by atoms with Gasteiger partial charge in [0.1, 0.15) is 16.5 Å². The molecule has 0 spiro atoms. The lowest BCUT2D eigenvalue weighted by Gasteiger charge is -2.42. The first kappa shape index (κ1) is 26.0. The number of fused-ring (bicyclic) bond motifs is 3. The van der Waals surface area contributed by atoms with Gasteiger partial charge in [-0.1, -0.05) is 70.0 Å². The number of aliphatic hydroxyl groups is 2. The summed E-state index contributed by atoms with van der Waals surface area (Å²) < 4.78 is 19.2. The minimum atomic E-state index is -1.59. The molecule has 0 bridgehead atoms. The highest BCUT2D eigenvalue weighted by Gasteiger charge is 2.76. The van der Waals surface area contributed by atoms with Gasteiger partial charge in [-0.25, -0.2) is 4.98 Å². The van der Waals surface area contributed by atoms with Gasteiger partial charge in [0, 0.05) is 54.5 Å². The molecule has 3 heterocycles. The number of nitrogens with zero attached hydrogens (tertiary/aromatic N) is 2. The molecule has 3 aromatic rings. The number of morpholine rings is 1. The van der Waals surface area contributed by atoms with E-state index in [-0.39, 0.29) is 29.5 Å². The molecular weight excluding hydrogens is 572 g/mol. The minimum Gasteiger partial charge on any atom is -0.481 e. The Kier molecular flexibility index (Phi) is 6.91. The second kappa shape index (κ2) is 10.1. The third kappa shape index (κ3) is 3.80. The molecule has 7 nitrogen and oxygen atoms in total. The Balaban J connectivity index is 1.66. The van der Waals surface area contributed by atoms with Gasteiger partial charge >= 0.3 is 0 Å². The van der Waals surface area contributed by atoms with E-state index >= 15 is 0 Å². The fourth-order valence-corrected chi connectivity index (χ4v) is 7.39. The maximum atomic E-state index is 13.3. The molecule has 200 valence electrons. The van der Waals surface area contributed by atoms with E-state index in [9.17, 15) is 10.2 Å². The highest BCUT2D eigenvalue weighted by atomic mass is 79.9. The molecule has 1 aliphatic carbocycles. The molecule has 6 rings (SSSR count). The van der Waals surface area contributed by atoms with Crippen LogP contribution in [0.4, 0.5) is 0 Å². The fraction of sp³-hybridized carbons (Fsp3) is 0.414. The summed E-state index contributed by atoms with van der Waals surface area (Å²) in [4.78, 5) is 6.73. The maximum Gasteiger partial charge on any atom is 0.224 e. The lowest BCUT2D eigenvalue weighted by Crippen LogP contribution is -2.53. The quantitative estimate of drug-likeness (QED) is 0.407. The summed E-state index contributed by atoms with van der Waals surface area (Å²) in [6, 6.07) is 19.5. The average Bonchev–Trinajstić information content (AvgIpc) is 3.31. The molecule has 1 unspecified atom stereocenters. The Morgan fingerprint density at radius 2 is 1.84 bits per heavy atom. The molecule has 9 heteroatoms. The van der Waals surface area contributed by atoms with Gasteiger partial charge in [-0.05, 0) is 23.3 Å². The van der Waals surface area contributed by atoms with Crippen LogP contribution < -0.4 is 9.47 Å². The molecule has 5 atom stereocenters. The SMILES string of the molecule is COc1nc(Cl)cc2c1[C@]1(O)[C@@H](CN3CCOCC3)[C@H](CO)C(c3ccccc3)[C@]1(c1ccc(Br)cc1)O2. The number of pyridine rings is 1. The molecule has 0 radical (unpaired) electrons. The average molecular weight is 602 g/mol. The number of halogens is 2. The summed E-state index contributed by atoms with van der Waals surface area (Å²) in [6.45, 7) is 3.16. The Morgan fingerprint density at radius 1 is 1.13 bits per heavy atom. The third-order valence-electron chi connectivity index (χ3n) is 8.45. The topological polar surface area (TPSA) is 84.3 Å². The van der Waals surface area contributed by atoms with Crippen molar-refractivity contribution in [1.29, 1.82) is 0 Å². The van der Waals surface area contributed by atoms with Crippen LogP contribution in [0.15, 0.2) is 65.1 Å². The number of aromatic nitrogens is 1. The number of hydrogen-bond donors (Lipinski definition) is 2. The standard InChI is InChI=1S/C29H30BrClN2O5/c1-36-27-26-23(15-24(31)32-27)38-29(19-7-9-20(30)10-8-19)25(18-5-3-2-4-6-18)21(17-34)22(28(26,29)35)16-33-11-13-37-14-12-33/h2-10,15,21-22,25,34-35H,11-14,16-17H2,1H3/t21-,22-,25?,28+,29-/m0/s1. The molecule has 1 saturated carbocycles.